The number of carbonyl (C=O) groups is 1. The fourth-order valence-electron chi connectivity index (χ4n) is 4.75. The van der Waals surface area contributed by atoms with Gasteiger partial charge >= 0.3 is 5.97 Å². The van der Waals surface area contributed by atoms with E-state index in [4.69, 9.17) is 14.2 Å². The van der Waals surface area contributed by atoms with Crippen LogP contribution >= 0.6 is 0 Å². The van der Waals surface area contributed by atoms with E-state index in [1.807, 2.05) is 30.3 Å². The first-order chi connectivity index (χ1) is 14.3. The van der Waals surface area contributed by atoms with Crippen LogP contribution in [0.4, 0.5) is 0 Å². The molecule has 2 aromatic carbocycles. The van der Waals surface area contributed by atoms with Gasteiger partial charge in [-0.25, -0.2) is 0 Å². The number of fused-ring (bicyclic) bond motifs is 1. The molecule has 2 aromatic rings. The monoisotopic (exact) mass is 393 g/mol. The summed E-state index contributed by atoms with van der Waals surface area (Å²) in [5, 5.41) is 0. The maximum Gasteiger partial charge on any atom is 0.311 e. The van der Waals surface area contributed by atoms with Crippen LogP contribution in [0.2, 0.25) is 0 Å². The molecule has 152 valence electrons. The second kappa shape index (κ2) is 8.17. The second-order valence-corrected chi connectivity index (χ2v) is 8.29. The summed E-state index contributed by atoms with van der Waals surface area (Å²) in [7, 11) is 0. The van der Waals surface area contributed by atoms with Crippen LogP contribution in [0.15, 0.2) is 54.6 Å². The smallest absolute Gasteiger partial charge is 0.311 e. The van der Waals surface area contributed by atoms with Gasteiger partial charge in [0.2, 0.25) is 0 Å². The van der Waals surface area contributed by atoms with E-state index in [9.17, 15) is 4.79 Å². The van der Waals surface area contributed by atoms with Crippen LogP contribution in [0.25, 0.3) is 0 Å². The summed E-state index contributed by atoms with van der Waals surface area (Å²) in [6.45, 7) is 3.30. The Bertz CT molecular complexity index is 832. The Morgan fingerprint density at radius 1 is 1.00 bits per heavy atom. The summed E-state index contributed by atoms with van der Waals surface area (Å²) >= 11 is 0. The molecule has 0 amide bonds. The molecule has 0 saturated carbocycles. The molecule has 0 aromatic heterocycles. The molecule has 3 aliphatic heterocycles. The largest absolute Gasteiger partial charge is 0.465 e. The Balaban J connectivity index is 1.24. The van der Waals surface area contributed by atoms with Crippen LogP contribution in [0.1, 0.15) is 36.5 Å². The first kappa shape index (κ1) is 18.6. The SMILES string of the molecule is O=C1OC(c2ccc(OC3CCCCO3)cc2)[C@@H]2CN(Cc3ccccc3)C[C@H]12. The number of likely N-dealkylation sites (tertiary alicyclic amines) is 1. The van der Waals surface area contributed by atoms with Crippen molar-refractivity contribution < 1.29 is 19.0 Å². The van der Waals surface area contributed by atoms with Gasteiger partial charge in [-0.2, -0.15) is 0 Å². The molecular formula is C24H27NO4. The first-order valence-corrected chi connectivity index (χ1v) is 10.6. The Hall–Kier alpha value is -2.37. The standard InChI is InChI=1S/C24H27NO4/c26-24-21-16-25(14-17-6-2-1-3-7-17)15-20(21)23(29-24)18-9-11-19(12-10-18)28-22-8-4-5-13-27-22/h1-3,6-7,9-12,20-23H,4-5,8,13-16H2/t20-,21+,22?,23?/m1/s1. The highest BCUT2D eigenvalue weighted by atomic mass is 16.7. The summed E-state index contributed by atoms with van der Waals surface area (Å²) in [6.07, 6.45) is 2.86. The van der Waals surface area contributed by atoms with Gasteiger partial charge in [-0.15, -0.1) is 0 Å². The molecule has 3 aliphatic rings. The Morgan fingerprint density at radius 2 is 1.83 bits per heavy atom. The van der Waals surface area contributed by atoms with Crippen molar-refractivity contribution in [1.82, 2.24) is 4.90 Å². The minimum absolute atomic E-state index is 0.0322. The number of benzene rings is 2. The normalized spacial score (nSPS) is 29.4. The average Bonchev–Trinajstić information content (AvgIpc) is 3.30. The van der Waals surface area contributed by atoms with Crippen LogP contribution in [-0.2, 0) is 20.8 Å². The van der Waals surface area contributed by atoms with Crippen molar-refractivity contribution in [2.75, 3.05) is 19.7 Å². The predicted molar refractivity (Wildman–Crippen MR) is 108 cm³/mol. The van der Waals surface area contributed by atoms with Gasteiger partial charge in [-0.1, -0.05) is 42.5 Å². The van der Waals surface area contributed by atoms with Crippen LogP contribution in [0.5, 0.6) is 5.75 Å². The highest BCUT2D eigenvalue weighted by molar-refractivity contribution is 5.76. The molecule has 0 N–H and O–H groups in total. The summed E-state index contributed by atoms with van der Waals surface area (Å²) in [6, 6.07) is 18.4. The molecule has 0 radical (unpaired) electrons. The zero-order valence-electron chi connectivity index (χ0n) is 16.5. The number of ether oxygens (including phenoxy) is 3. The average molecular weight is 393 g/mol. The zero-order valence-corrected chi connectivity index (χ0v) is 16.5. The quantitative estimate of drug-likeness (QED) is 0.720. The van der Waals surface area contributed by atoms with E-state index in [-0.39, 0.29) is 30.2 Å². The lowest BCUT2D eigenvalue weighted by Gasteiger charge is -2.24. The van der Waals surface area contributed by atoms with Crippen molar-refractivity contribution >= 4 is 5.97 Å². The summed E-state index contributed by atoms with van der Waals surface area (Å²) < 4.78 is 17.3. The van der Waals surface area contributed by atoms with E-state index >= 15 is 0 Å². The molecule has 2 unspecified atom stereocenters. The second-order valence-electron chi connectivity index (χ2n) is 8.29. The lowest BCUT2D eigenvalue weighted by Crippen LogP contribution is -2.25. The number of rotatable bonds is 5. The molecule has 0 spiro atoms. The molecule has 3 saturated heterocycles. The minimum atomic E-state index is -0.173. The van der Waals surface area contributed by atoms with Crippen molar-refractivity contribution in [2.24, 2.45) is 11.8 Å². The number of cyclic esters (lactones) is 1. The van der Waals surface area contributed by atoms with Crippen molar-refractivity contribution in [2.45, 2.75) is 38.2 Å². The van der Waals surface area contributed by atoms with Crippen molar-refractivity contribution in [3.05, 3.63) is 65.7 Å². The molecule has 5 rings (SSSR count). The minimum Gasteiger partial charge on any atom is -0.465 e. The van der Waals surface area contributed by atoms with E-state index in [2.05, 4.69) is 29.2 Å². The Labute approximate surface area is 171 Å². The van der Waals surface area contributed by atoms with E-state index in [0.717, 1.165) is 56.8 Å². The van der Waals surface area contributed by atoms with Crippen molar-refractivity contribution in [1.29, 1.82) is 0 Å². The third kappa shape index (κ3) is 4.02. The fraction of sp³-hybridized carbons (Fsp3) is 0.458. The van der Waals surface area contributed by atoms with E-state index in [1.165, 1.54) is 5.56 Å². The van der Waals surface area contributed by atoms with Crippen molar-refractivity contribution in [3.63, 3.8) is 0 Å². The Kier molecular flexibility index (Phi) is 5.25. The van der Waals surface area contributed by atoms with Crippen molar-refractivity contribution in [3.8, 4) is 5.75 Å². The molecule has 5 nitrogen and oxygen atoms in total. The number of nitrogens with zero attached hydrogens (tertiary/aromatic N) is 1. The lowest BCUT2D eigenvalue weighted by molar-refractivity contribution is -0.145. The maximum absolute atomic E-state index is 12.5. The molecule has 29 heavy (non-hydrogen) atoms. The van der Waals surface area contributed by atoms with Crippen LogP contribution in [0, 0.1) is 11.8 Å². The summed E-state index contributed by atoms with van der Waals surface area (Å²) in [5.74, 6) is 0.917. The van der Waals surface area contributed by atoms with Gasteiger partial charge < -0.3 is 14.2 Å². The van der Waals surface area contributed by atoms with Gasteiger partial charge in [0.15, 0.2) is 6.29 Å². The van der Waals surface area contributed by atoms with Crippen LogP contribution in [0.3, 0.4) is 0 Å². The molecular weight excluding hydrogens is 366 g/mol. The van der Waals surface area contributed by atoms with Crippen LogP contribution in [-0.4, -0.2) is 36.9 Å². The molecule has 3 fully saturated rings. The molecule has 3 heterocycles. The van der Waals surface area contributed by atoms with Crippen LogP contribution < -0.4 is 4.74 Å². The topological polar surface area (TPSA) is 48.0 Å². The van der Waals surface area contributed by atoms with E-state index in [0.29, 0.717) is 0 Å². The van der Waals surface area contributed by atoms with Gasteiger partial charge in [0.25, 0.3) is 0 Å². The summed E-state index contributed by atoms with van der Waals surface area (Å²) in [5.41, 5.74) is 2.33. The Morgan fingerprint density at radius 3 is 2.59 bits per heavy atom. The predicted octanol–water partition coefficient (Wildman–Crippen LogP) is 3.94. The van der Waals surface area contributed by atoms with Gasteiger partial charge in [0.05, 0.1) is 12.5 Å². The molecule has 0 bridgehead atoms. The van der Waals surface area contributed by atoms with Gasteiger partial charge in [-0.05, 0) is 36.1 Å². The van der Waals surface area contributed by atoms with E-state index < -0.39 is 0 Å². The molecule has 4 atom stereocenters. The van der Waals surface area contributed by atoms with Gasteiger partial charge in [0, 0.05) is 32.0 Å². The third-order valence-electron chi connectivity index (χ3n) is 6.24. The van der Waals surface area contributed by atoms with Gasteiger partial charge in [0.1, 0.15) is 11.9 Å². The fourth-order valence-corrected chi connectivity index (χ4v) is 4.75. The van der Waals surface area contributed by atoms with E-state index in [1.54, 1.807) is 0 Å². The first-order valence-electron chi connectivity index (χ1n) is 10.6. The summed E-state index contributed by atoms with van der Waals surface area (Å²) in [4.78, 5) is 14.8. The molecule has 0 aliphatic carbocycles. The number of hydrogen-bond donors (Lipinski definition) is 0. The highest BCUT2D eigenvalue weighted by Gasteiger charge is 2.50. The highest BCUT2D eigenvalue weighted by Crippen LogP contribution is 2.44. The maximum atomic E-state index is 12.5. The molecule has 5 heteroatoms. The van der Waals surface area contributed by atoms with Gasteiger partial charge in [-0.3, -0.25) is 9.69 Å². The number of carbonyl (C=O) groups excluding carboxylic acids is 1. The number of hydrogen-bond acceptors (Lipinski definition) is 5. The third-order valence-corrected chi connectivity index (χ3v) is 6.24. The number of esters is 1. The zero-order chi connectivity index (χ0) is 19.6. The lowest BCUT2D eigenvalue weighted by atomic mass is 9.90.